The number of fused-ring (bicyclic) bond motifs is 1. The molecule has 27 heavy (non-hydrogen) atoms. The van der Waals surface area contributed by atoms with E-state index in [0.717, 1.165) is 66.7 Å². The Kier molecular flexibility index (Phi) is 4.70. The number of rotatable bonds is 4. The van der Waals surface area contributed by atoms with Crippen molar-refractivity contribution in [3.63, 3.8) is 0 Å². The zero-order valence-corrected chi connectivity index (χ0v) is 16.4. The van der Waals surface area contributed by atoms with Crippen molar-refractivity contribution in [2.75, 3.05) is 37.6 Å². The highest BCUT2D eigenvalue weighted by molar-refractivity contribution is 5.71. The van der Waals surface area contributed by atoms with Crippen LogP contribution in [0, 0.1) is 13.8 Å². The standard InChI is InChI=1S/C22H27N5/c1-16(2)15-25-10-12-26(13-11-25)20-14-17(3)23-22-18(4)21(24-27(20)22)19-8-6-5-7-9-19/h5-9,14H,1,10-13,15H2,2-4H3. The number of anilines is 1. The summed E-state index contributed by atoms with van der Waals surface area (Å²) >= 11 is 0. The van der Waals surface area contributed by atoms with Crippen molar-refractivity contribution in [1.82, 2.24) is 19.5 Å². The molecule has 3 heterocycles. The van der Waals surface area contributed by atoms with Crippen LogP contribution in [0.4, 0.5) is 5.82 Å². The van der Waals surface area contributed by atoms with Gasteiger partial charge in [-0.15, -0.1) is 0 Å². The van der Waals surface area contributed by atoms with Crippen molar-refractivity contribution >= 4 is 11.5 Å². The average molecular weight is 361 g/mol. The molecule has 0 atom stereocenters. The first kappa shape index (κ1) is 17.7. The van der Waals surface area contributed by atoms with E-state index in [1.807, 2.05) is 10.6 Å². The predicted octanol–water partition coefficient (Wildman–Crippen LogP) is 3.71. The predicted molar refractivity (Wildman–Crippen MR) is 111 cm³/mol. The van der Waals surface area contributed by atoms with Gasteiger partial charge in [0.15, 0.2) is 5.65 Å². The van der Waals surface area contributed by atoms with Crippen LogP contribution in [0.3, 0.4) is 0 Å². The fraction of sp³-hybridized carbons (Fsp3) is 0.364. The van der Waals surface area contributed by atoms with Crippen LogP contribution in [0.25, 0.3) is 16.9 Å². The molecule has 0 saturated carbocycles. The molecule has 0 N–H and O–H groups in total. The van der Waals surface area contributed by atoms with Crippen molar-refractivity contribution in [1.29, 1.82) is 0 Å². The minimum atomic E-state index is 0.952. The van der Waals surface area contributed by atoms with Crippen LogP contribution in [0.15, 0.2) is 48.6 Å². The summed E-state index contributed by atoms with van der Waals surface area (Å²) in [6.07, 6.45) is 0. The molecule has 1 aromatic carbocycles. The highest BCUT2D eigenvalue weighted by atomic mass is 15.4. The van der Waals surface area contributed by atoms with E-state index in [2.05, 4.69) is 67.5 Å². The Balaban J connectivity index is 1.71. The maximum absolute atomic E-state index is 4.95. The van der Waals surface area contributed by atoms with Gasteiger partial charge in [0.25, 0.3) is 0 Å². The Labute approximate surface area is 160 Å². The zero-order chi connectivity index (χ0) is 19.0. The van der Waals surface area contributed by atoms with Crippen molar-refractivity contribution in [2.45, 2.75) is 20.8 Å². The molecule has 1 fully saturated rings. The molecule has 1 aliphatic heterocycles. The molecule has 1 saturated heterocycles. The first-order valence-corrected chi connectivity index (χ1v) is 9.57. The third-order valence-corrected chi connectivity index (χ3v) is 5.17. The van der Waals surface area contributed by atoms with Gasteiger partial charge in [-0.05, 0) is 20.8 Å². The Morgan fingerprint density at radius 1 is 1.07 bits per heavy atom. The summed E-state index contributed by atoms with van der Waals surface area (Å²) < 4.78 is 2.03. The highest BCUT2D eigenvalue weighted by Crippen LogP contribution is 2.28. The fourth-order valence-electron chi connectivity index (χ4n) is 3.84. The van der Waals surface area contributed by atoms with E-state index >= 15 is 0 Å². The van der Waals surface area contributed by atoms with Crippen LogP contribution in [-0.2, 0) is 0 Å². The van der Waals surface area contributed by atoms with E-state index in [9.17, 15) is 0 Å². The molecule has 0 unspecified atom stereocenters. The zero-order valence-electron chi connectivity index (χ0n) is 16.4. The Bertz CT molecular complexity index is 965. The third kappa shape index (κ3) is 3.47. The summed E-state index contributed by atoms with van der Waals surface area (Å²) in [5.74, 6) is 1.14. The molecular weight excluding hydrogens is 334 g/mol. The molecule has 5 heteroatoms. The summed E-state index contributed by atoms with van der Waals surface area (Å²) in [7, 11) is 0. The summed E-state index contributed by atoms with van der Waals surface area (Å²) in [6.45, 7) is 15.4. The minimum Gasteiger partial charge on any atom is -0.354 e. The second-order valence-corrected chi connectivity index (χ2v) is 7.55. The highest BCUT2D eigenvalue weighted by Gasteiger charge is 2.22. The number of benzene rings is 1. The van der Waals surface area contributed by atoms with Gasteiger partial charge in [0.1, 0.15) is 5.82 Å². The number of hydrogen-bond acceptors (Lipinski definition) is 4. The molecular formula is C22H27N5. The Morgan fingerprint density at radius 3 is 2.44 bits per heavy atom. The van der Waals surface area contributed by atoms with Crippen LogP contribution in [0.1, 0.15) is 18.2 Å². The van der Waals surface area contributed by atoms with Gasteiger partial charge < -0.3 is 4.90 Å². The molecule has 0 radical (unpaired) electrons. The molecule has 0 amide bonds. The molecule has 0 aliphatic carbocycles. The van der Waals surface area contributed by atoms with Crippen LogP contribution in [0.5, 0.6) is 0 Å². The van der Waals surface area contributed by atoms with Crippen LogP contribution < -0.4 is 4.90 Å². The van der Waals surface area contributed by atoms with Gasteiger partial charge in [0.2, 0.25) is 0 Å². The van der Waals surface area contributed by atoms with E-state index in [-0.39, 0.29) is 0 Å². The number of piperazine rings is 1. The smallest absolute Gasteiger partial charge is 0.161 e. The van der Waals surface area contributed by atoms with Gasteiger partial charge in [0, 0.05) is 55.6 Å². The summed E-state index contributed by atoms with van der Waals surface area (Å²) in [4.78, 5) is 9.68. The SMILES string of the molecule is C=C(C)CN1CCN(c2cc(C)nc3c(C)c(-c4ccccc4)nn23)CC1. The lowest BCUT2D eigenvalue weighted by Gasteiger charge is -2.36. The summed E-state index contributed by atoms with van der Waals surface area (Å²) in [5, 5.41) is 4.95. The lowest BCUT2D eigenvalue weighted by molar-refractivity contribution is 0.277. The first-order valence-electron chi connectivity index (χ1n) is 9.57. The first-order chi connectivity index (χ1) is 13.0. The quantitative estimate of drug-likeness (QED) is 0.664. The fourth-order valence-corrected chi connectivity index (χ4v) is 3.84. The molecule has 5 nitrogen and oxygen atoms in total. The Hall–Kier alpha value is -2.66. The molecule has 3 aromatic rings. The second kappa shape index (κ2) is 7.16. The molecule has 4 rings (SSSR count). The van der Waals surface area contributed by atoms with E-state index in [1.165, 1.54) is 5.57 Å². The van der Waals surface area contributed by atoms with Crippen molar-refractivity contribution in [2.24, 2.45) is 0 Å². The lowest BCUT2D eigenvalue weighted by atomic mass is 10.1. The van der Waals surface area contributed by atoms with Crippen LogP contribution in [-0.4, -0.2) is 52.2 Å². The molecule has 0 spiro atoms. The van der Waals surface area contributed by atoms with Gasteiger partial charge in [-0.2, -0.15) is 9.61 Å². The summed E-state index contributed by atoms with van der Waals surface area (Å²) in [6, 6.07) is 12.5. The molecule has 2 aromatic heterocycles. The normalized spacial score (nSPS) is 15.4. The molecule has 1 aliphatic rings. The van der Waals surface area contributed by atoms with E-state index < -0.39 is 0 Å². The Morgan fingerprint density at radius 2 is 1.78 bits per heavy atom. The van der Waals surface area contributed by atoms with Crippen molar-refractivity contribution < 1.29 is 0 Å². The topological polar surface area (TPSA) is 36.7 Å². The number of nitrogens with zero attached hydrogens (tertiary/aromatic N) is 5. The van der Waals surface area contributed by atoms with E-state index in [0.29, 0.717) is 0 Å². The lowest BCUT2D eigenvalue weighted by Crippen LogP contribution is -2.47. The molecule has 140 valence electrons. The largest absolute Gasteiger partial charge is 0.354 e. The van der Waals surface area contributed by atoms with Crippen molar-refractivity contribution in [3.05, 3.63) is 59.8 Å². The van der Waals surface area contributed by atoms with E-state index in [4.69, 9.17) is 10.1 Å². The van der Waals surface area contributed by atoms with Crippen molar-refractivity contribution in [3.8, 4) is 11.3 Å². The van der Waals surface area contributed by atoms with Crippen LogP contribution >= 0.6 is 0 Å². The van der Waals surface area contributed by atoms with E-state index in [1.54, 1.807) is 0 Å². The van der Waals surface area contributed by atoms with Gasteiger partial charge >= 0.3 is 0 Å². The maximum atomic E-state index is 4.95. The second-order valence-electron chi connectivity index (χ2n) is 7.55. The third-order valence-electron chi connectivity index (χ3n) is 5.17. The monoisotopic (exact) mass is 361 g/mol. The van der Waals surface area contributed by atoms with Gasteiger partial charge in [-0.3, -0.25) is 4.90 Å². The van der Waals surface area contributed by atoms with Gasteiger partial charge in [-0.1, -0.05) is 42.5 Å². The van der Waals surface area contributed by atoms with Gasteiger partial charge in [-0.25, -0.2) is 4.98 Å². The number of aryl methyl sites for hydroxylation is 2. The van der Waals surface area contributed by atoms with Crippen LogP contribution in [0.2, 0.25) is 0 Å². The number of hydrogen-bond donors (Lipinski definition) is 0. The average Bonchev–Trinajstić information content (AvgIpc) is 2.99. The maximum Gasteiger partial charge on any atom is 0.161 e. The number of aromatic nitrogens is 3. The summed E-state index contributed by atoms with van der Waals surface area (Å²) in [5.41, 5.74) is 6.48. The molecule has 0 bridgehead atoms. The minimum absolute atomic E-state index is 0.952. The van der Waals surface area contributed by atoms with Gasteiger partial charge in [0.05, 0.1) is 5.69 Å².